The van der Waals surface area contributed by atoms with Crippen LogP contribution in [0.4, 0.5) is 4.79 Å². The first-order valence-electron chi connectivity index (χ1n) is 8.22. The summed E-state index contributed by atoms with van der Waals surface area (Å²) in [6.45, 7) is 10.4. The maximum Gasteiger partial charge on any atom is 0.411 e. The van der Waals surface area contributed by atoms with Crippen LogP contribution >= 0.6 is 0 Å². The molecule has 1 amide bonds. The number of rotatable bonds is 5. The smallest absolute Gasteiger partial charge is 0.411 e. The molecule has 1 rings (SSSR count). The number of ether oxygens (including phenoxy) is 2. The van der Waals surface area contributed by atoms with Crippen molar-refractivity contribution in [3.05, 3.63) is 0 Å². The van der Waals surface area contributed by atoms with Crippen LogP contribution < -0.4 is 0 Å². The van der Waals surface area contributed by atoms with Gasteiger partial charge in [0.1, 0.15) is 11.6 Å². The molecule has 0 saturated carbocycles. The molecule has 0 aliphatic carbocycles. The fourth-order valence-corrected chi connectivity index (χ4v) is 3.26. The average Bonchev–Trinajstić information content (AvgIpc) is 2.68. The van der Waals surface area contributed by atoms with Gasteiger partial charge >= 0.3 is 12.1 Å². The van der Waals surface area contributed by atoms with E-state index in [4.69, 9.17) is 13.7 Å². The summed E-state index contributed by atoms with van der Waals surface area (Å²) in [5.41, 5.74) is -1.46. The van der Waals surface area contributed by atoms with Gasteiger partial charge in [0.25, 0.3) is 10.1 Å². The van der Waals surface area contributed by atoms with E-state index in [9.17, 15) is 18.0 Å². The molecule has 0 radical (unpaired) electrons. The average molecular weight is 379 g/mol. The Morgan fingerprint density at radius 2 is 1.84 bits per heavy atom. The van der Waals surface area contributed by atoms with Gasteiger partial charge in [-0.2, -0.15) is 8.42 Å². The Morgan fingerprint density at radius 1 is 1.28 bits per heavy atom. The number of hydrogen-bond donors (Lipinski definition) is 0. The van der Waals surface area contributed by atoms with Crippen molar-refractivity contribution in [2.45, 2.75) is 65.6 Å². The van der Waals surface area contributed by atoms with Crippen molar-refractivity contribution in [1.82, 2.24) is 4.90 Å². The van der Waals surface area contributed by atoms with Crippen LogP contribution in [0.1, 0.15) is 48.0 Å². The van der Waals surface area contributed by atoms with Gasteiger partial charge in [-0.1, -0.05) is 6.92 Å². The number of amides is 1. The first-order valence-corrected chi connectivity index (χ1v) is 10.0. The third-order valence-corrected chi connectivity index (χ3v) is 4.73. The highest BCUT2D eigenvalue weighted by atomic mass is 32.2. The molecule has 146 valence electrons. The molecule has 0 N–H and O–H groups in total. The zero-order valence-electron chi connectivity index (χ0n) is 16.0. The van der Waals surface area contributed by atoms with Crippen LogP contribution in [0.15, 0.2) is 0 Å². The predicted octanol–water partition coefficient (Wildman–Crippen LogP) is 1.93. The Balaban J connectivity index is 3.11. The van der Waals surface area contributed by atoms with Gasteiger partial charge in [0, 0.05) is 11.5 Å². The van der Waals surface area contributed by atoms with Crippen molar-refractivity contribution in [3.8, 4) is 0 Å². The minimum absolute atomic E-state index is 0.137. The molecule has 0 unspecified atom stereocenters. The van der Waals surface area contributed by atoms with Crippen molar-refractivity contribution >= 4 is 22.2 Å². The summed E-state index contributed by atoms with van der Waals surface area (Å²) in [5, 5.41) is 0. The van der Waals surface area contributed by atoms with Gasteiger partial charge in [-0.05, 0) is 41.0 Å². The molecule has 0 spiro atoms. The van der Waals surface area contributed by atoms with Gasteiger partial charge < -0.3 is 9.47 Å². The van der Waals surface area contributed by atoms with Crippen LogP contribution in [0, 0.1) is 5.41 Å². The number of esters is 1. The molecule has 0 aromatic rings. The fraction of sp³-hybridized carbons (Fsp3) is 0.875. The monoisotopic (exact) mass is 379 g/mol. The lowest BCUT2D eigenvalue weighted by Gasteiger charge is -2.33. The first kappa shape index (κ1) is 21.7. The van der Waals surface area contributed by atoms with Crippen molar-refractivity contribution in [2.24, 2.45) is 5.41 Å². The third-order valence-electron chi connectivity index (χ3n) is 4.19. The van der Waals surface area contributed by atoms with E-state index in [1.807, 2.05) is 0 Å². The molecule has 0 aromatic carbocycles. The summed E-state index contributed by atoms with van der Waals surface area (Å²) < 4.78 is 38.1. The molecule has 0 bridgehead atoms. The van der Waals surface area contributed by atoms with Gasteiger partial charge in [0.2, 0.25) is 0 Å². The second-order valence-electron chi connectivity index (χ2n) is 7.66. The molecule has 1 saturated heterocycles. The molecule has 1 fully saturated rings. The summed E-state index contributed by atoms with van der Waals surface area (Å²) in [5.74, 6) is -0.539. The maximum absolute atomic E-state index is 12.6. The van der Waals surface area contributed by atoms with E-state index in [1.165, 1.54) is 4.90 Å². The third kappa shape index (κ3) is 5.85. The summed E-state index contributed by atoms with van der Waals surface area (Å²) in [7, 11) is -3.64. The zero-order valence-corrected chi connectivity index (χ0v) is 16.8. The van der Waals surface area contributed by atoms with Crippen molar-refractivity contribution in [3.63, 3.8) is 0 Å². The van der Waals surface area contributed by atoms with Gasteiger partial charge in [-0.3, -0.25) is 9.08 Å². The minimum atomic E-state index is -3.64. The van der Waals surface area contributed by atoms with Gasteiger partial charge in [-0.15, -0.1) is 0 Å². The molecule has 25 heavy (non-hydrogen) atoms. The lowest BCUT2D eigenvalue weighted by molar-refractivity contribution is -0.148. The quantitative estimate of drug-likeness (QED) is 0.531. The van der Waals surface area contributed by atoms with Crippen LogP contribution in [0.5, 0.6) is 0 Å². The Kier molecular flexibility index (Phi) is 6.50. The summed E-state index contributed by atoms with van der Waals surface area (Å²) in [6.07, 6.45) is 0.549. The van der Waals surface area contributed by atoms with Gasteiger partial charge in [0.05, 0.1) is 19.5 Å². The molecule has 1 aliphatic heterocycles. The number of carbonyl (C=O) groups is 2. The van der Waals surface area contributed by atoms with E-state index in [0.29, 0.717) is 0 Å². The van der Waals surface area contributed by atoms with Gasteiger partial charge in [0.15, 0.2) is 0 Å². The molecular formula is C16H29NO7S. The van der Waals surface area contributed by atoms with Crippen molar-refractivity contribution in [1.29, 1.82) is 0 Å². The van der Waals surface area contributed by atoms with E-state index < -0.39 is 45.3 Å². The Bertz CT molecular complexity index is 610. The number of likely N-dealkylation sites (tertiary alicyclic amines) is 1. The van der Waals surface area contributed by atoms with E-state index in [0.717, 1.165) is 6.26 Å². The van der Waals surface area contributed by atoms with Gasteiger partial charge in [-0.25, -0.2) is 9.59 Å². The van der Waals surface area contributed by atoms with Crippen LogP contribution in [-0.4, -0.2) is 62.5 Å². The van der Waals surface area contributed by atoms with Crippen molar-refractivity contribution < 1.29 is 31.7 Å². The Hall–Kier alpha value is -1.35. The molecule has 3 atom stereocenters. The highest BCUT2D eigenvalue weighted by Crippen LogP contribution is 2.42. The largest absolute Gasteiger partial charge is 0.464 e. The maximum atomic E-state index is 12.6. The van der Waals surface area contributed by atoms with E-state index in [1.54, 1.807) is 41.5 Å². The Labute approximate surface area is 149 Å². The summed E-state index contributed by atoms with van der Waals surface area (Å²) >= 11 is 0. The molecule has 8 nitrogen and oxygen atoms in total. The molecule has 0 aromatic heterocycles. The lowest BCUT2D eigenvalue weighted by atomic mass is 9.83. The summed E-state index contributed by atoms with van der Waals surface area (Å²) in [4.78, 5) is 26.3. The standard InChI is InChI=1S/C16H29NO7S/c1-8-22-13(18)12-9-16(6,10-23-25(7,20)21)11(2)17(12)14(19)24-15(3,4)5/h11-12H,8-10H2,1-7H3/t11-,12+,16-/m1/s1. The minimum Gasteiger partial charge on any atom is -0.464 e. The van der Waals surface area contributed by atoms with Crippen LogP contribution in [0.25, 0.3) is 0 Å². The van der Waals surface area contributed by atoms with E-state index >= 15 is 0 Å². The zero-order chi connectivity index (χ0) is 19.6. The van der Waals surface area contributed by atoms with Crippen LogP contribution in [0.3, 0.4) is 0 Å². The lowest BCUT2D eigenvalue weighted by Crippen LogP contribution is -2.48. The molecule has 1 aliphatic rings. The molecule has 1 heterocycles. The number of nitrogens with zero attached hydrogens (tertiary/aromatic N) is 1. The highest BCUT2D eigenvalue weighted by Gasteiger charge is 2.53. The van der Waals surface area contributed by atoms with E-state index in [2.05, 4.69) is 0 Å². The second-order valence-corrected chi connectivity index (χ2v) is 9.30. The fourth-order valence-electron chi connectivity index (χ4n) is 2.77. The topological polar surface area (TPSA) is 99.2 Å². The molecule has 9 heteroatoms. The van der Waals surface area contributed by atoms with Crippen molar-refractivity contribution in [2.75, 3.05) is 19.5 Å². The van der Waals surface area contributed by atoms with E-state index in [-0.39, 0.29) is 19.6 Å². The normalized spacial score (nSPS) is 27.2. The second kappa shape index (κ2) is 7.49. The number of hydrogen-bond acceptors (Lipinski definition) is 7. The van der Waals surface area contributed by atoms with Crippen LogP contribution in [0.2, 0.25) is 0 Å². The summed E-state index contributed by atoms with van der Waals surface area (Å²) in [6, 6.07) is -1.32. The highest BCUT2D eigenvalue weighted by molar-refractivity contribution is 7.85. The predicted molar refractivity (Wildman–Crippen MR) is 91.5 cm³/mol. The SMILES string of the molecule is CCOC(=O)[C@@H]1C[C@](C)(COS(C)(=O)=O)[C@@H](C)N1C(=O)OC(C)(C)C. The molecular weight excluding hydrogens is 350 g/mol. The Morgan fingerprint density at radius 3 is 2.28 bits per heavy atom. The first-order chi connectivity index (χ1) is 11.2. The van der Waals surface area contributed by atoms with Crippen LogP contribution in [-0.2, 0) is 28.6 Å². The number of carbonyl (C=O) groups excluding carboxylic acids is 2.